The molecule has 1 saturated carbocycles. The van der Waals surface area contributed by atoms with Crippen molar-refractivity contribution < 1.29 is 18.8 Å². The molecule has 1 aromatic heterocycles. The van der Waals surface area contributed by atoms with E-state index in [1.54, 1.807) is 13.0 Å². The van der Waals surface area contributed by atoms with Crippen molar-refractivity contribution in [1.82, 2.24) is 15.5 Å². The maximum Gasteiger partial charge on any atom is 0.255 e. The summed E-state index contributed by atoms with van der Waals surface area (Å²) in [5.74, 6) is -0.0496. The lowest BCUT2D eigenvalue weighted by Crippen LogP contribution is -2.52. The molecule has 0 bridgehead atoms. The molecule has 0 radical (unpaired) electrons. The predicted molar refractivity (Wildman–Crippen MR) is 100.0 cm³/mol. The van der Waals surface area contributed by atoms with E-state index < -0.39 is 6.04 Å². The number of likely N-dealkylation sites (tertiary alicyclic amines) is 1. The van der Waals surface area contributed by atoms with Gasteiger partial charge in [0.25, 0.3) is 5.91 Å². The molecule has 0 aromatic carbocycles. The summed E-state index contributed by atoms with van der Waals surface area (Å²) in [4.78, 5) is 38.9. The molecule has 1 aromatic rings. The first-order valence-electron chi connectivity index (χ1n) is 9.97. The Morgan fingerprint density at radius 2 is 1.81 bits per heavy atom. The normalized spacial score (nSPS) is 20.1. The van der Waals surface area contributed by atoms with Crippen LogP contribution >= 0.6 is 0 Å². The van der Waals surface area contributed by atoms with E-state index in [0.29, 0.717) is 24.6 Å². The third kappa shape index (κ3) is 5.11. The molecule has 1 saturated heterocycles. The van der Waals surface area contributed by atoms with Crippen LogP contribution in [0.4, 0.5) is 0 Å². The molecule has 27 heavy (non-hydrogen) atoms. The highest BCUT2D eigenvalue weighted by Gasteiger charge is 2.30. The van der Waals surface area contributed by atoms with Gasteiger partial charge in [-0.05, 0) is 38.7 Å². The number of hydrogen-bond donors (Lipinski definition) is 2. The highest BCUT2D eigenvalue weighted by atomic mass is 16.3. The van der Waals surface area contributed by atoms with E-state index >= 15 is 0 Å². The summed E-state index contributed by atoms with van der Waals surface area (Å²) in [6, 6.07) is 0.967. The quantitative estimate of drug-likeness (QED) is 0.824. The summed E-state index contributed by atoms with van der Waals surface area (Å²) in [7, 11) is 0. The Hall–Kier alpha value is -2.31. The first-order chi connectivity index (χ1) is 13.0. The zero-order valence-electron chi connectivity index (χ0n) is 15.9. The Kier molecular flexibility index (Phi) is 6.53. The molecule has 2 N–H and O–H groups in total. The number of rotatable bonds is 5. The summed E-state index contributed by atoms with van der Waals surface area (Å²) in [6.07, 6.45) is 9.87. The molecular formula is C20H29N3O4. The van der Waals surface area contributed by atoms with Crippen molar-refractivity contribution in [2.75, 3.05) is 13.1 Å². The van der Waals surface area contributed by atoms with Crippen LogP contribution in [0.5, 0.6) is 0 Å². The van der Waals surface area contributed by atoms with Gasteiger partial charge in [-0.2, -0.15) is 0 Å². The molecule has 3 amide bonds. The topological polar surface area (TPSA) is 91.7 Å². The van der Waals surface area contributed by atoms with Gasteiger partial charge < -0.3 is 20.0 Å². The van der Waals surface area contributed by atoms with Gasteiger partial charge in [-0.1, -0.05) is 19.3 Å². The number of hydrogen-bond acceptors (Lipinski definition) is 4. The fourth-order valence-corrected chi connectivity index (χ4v) is 3.92. The zero-order valence-corrected chi connectivity index (χ0v) is 15.9. The summed E-state index contributed by atoms with van der Waals surface area (Å²) < 4.78 is 4.88. The lowest BCUT2D eigenvalue weighted by atomic mass is 9.87. The maximum absolute atomic E-state index is 12.6. The van der Waals surface area contributed by atoms with Crippen molar-refractivity contribution in [3.05, 3.63) is 24.2 Å². The number of furan rings is 1. The van der Waals surface area contributed by atoms with Crippen molar-refractivity contribution >= 4 is 17.7 Å². The van der Waals surface area contributed by atoms with Crippen LogP contribution in [0.3, 0.4) is 0 Å². The summed E-state index contributed by atoms with van der Waals surface area (Å²) in [6.45, 7) is 3.04. The Bertz CT molecular complexity index is 644. The molecule has 2 heterocycles. The molecule has 2 aliphatic rings. The molecule has 1 aliphatic carbocycles. The van der Waals surface area contributed by atoms with Crippen LogP contribution in [-0.4, -0.2) is 47.8 Å². The van der Waals surface area contributed by atoms with Crippen LogP contribution in [0, 0.1) is 5.92 Å². The maximum atomic E-state index is 12.6. The highest BCUT2D eigenvalue weighted by molar-refractivity contribution is 5.97. The second-order valence-corrected chi connectivity index (χ2v) is 7.65. The van der Waals surface area contributed by atoms with Gasteiger partial charge in [0.05, 0.1) is 11.8 Å². The van der Waals surface area contributed by atoms with Gasteiger partial charge >= 0.3 is 0 Å². The van der Waals surface area contributed by atoms with E-state index in [2.05, 4.69) is 10.6 Å². The van der Waals surface area contributed by atoms with E-state index in [9.17, 15) is 14.4 Å². The van der Waals surface area contributed by atoms with E-state index in [1.165, 1.54) is 18.9 Å². The molecule has 0 spiro atoms. The number of carbonyl (C=O) groups is 3. The second kappa shape index (κ2) is 9.06. The molecular weight excluding hydrogens is 346 g/mol. The van der Waals surface area contributed by atoms with Gasteiger partial charge in [0.15, 0.2) is 0 Å². The van der Waals surface area contributed by atoms with E-state index in [1.807, 2.05) is 4.90 Å². The van der Waals surface area contributed by atoms with Gasteiger partial charge in [-0.15, -0.1) is 0 Å². The van der Waals surface area contributed by atoms with Crippen LogP contribution < -0.4 is 10.6 Å². The molecule has 7 heteroatoms. The lowest BCUT2D eigenvalue weighted by molar-refractivity contribution is -0.137. The minimum Gasteiger partial charge on any atom is -0.472 e. The second-order valence-electron chi connectivity index (χ2n) is 7.65. The molecule has 1 aliphatic heterocycles. The number of piperidine rings is 1. The summed E-state index contributed by atoms with van der Waals surface area (Å²) in [5.41, 5.74) is 0.393. The Morgan fingerprint density at radius 3 is 2.44 bits per heavy atom. The summed E-state index contributed by atoms with van der Waals surface area (Å²) in [5, 5.41) is 5.66. The molecule has 1 atom stereocenters. The van der Waals surface area contributed by atoms with Crippen molar-refractivity contribution in [2.24, 2.45) is 5.92 Å². The van der Waals surface area contributed by atoms with Gasteiger partial charge in [-0.3, -0.25) is 14.4 Å². The third-order valence-electron chi connectivity index (χ3n) is 5.63. The fourth-order valence-electron chi connectivity index (χ4n) is 3.92. The molecule has 0 unspecified atom stereocenters. The lowest BCUT2D eigenvalue weighted by Gasteiger charge is -2.35. The Morgan fingerprint density at radius 1 is 1.11 bits per heavy atom. The van der Waals surface area contributed by atoms with Crippen molar-refractivity contribution in [2.45, 2.75) is 64.0 Å². The molecule has 2 fully saturated rings. The SMILES string of the molecule is C[C@H](NC(=O)c1ccoc1)C(=O)NC1CCN(C(=O)C2CCCCC2)CC1. The van der Waals surface area contributed by atoms with Crippen LogP contribution in [0.15, 0.2) is 23.0 Å². The number of amides is 3. The van der Waals surface area contributed by atoms with Crippen molar-refractivity contribution in [3.8, 4) is 0 Å². The third-order valence-corrected chi connectivity index (χ3v) is 5.63. The van der Waals surface area contributed by atoms with Gasteiger partial charge in [0, 0.05) is 25.0 Å². The molecule has 3 rings (SSSR count). The standard InChI is InChI=1S/C20H29N3O4/c1-14(21-19(25)16-9-12-27-13-16)18(24)22-17-7-10-23(11-8-17)20(26)15-5-3-2-4-6-15/h9,12-15,17H,2-8,10-11H2,1H3,(H,21,25)(H,22,24)/t14-/m0/s1. The smallest absolute Gasteiger partial charge is 0.255 e. The van der Waals surface area contributed by atoms with Crippen LogP contribution in [0.2, 0.25) is 0 Å². The van der Waals surface area contributed by atoms with E-state index in [0.717, 1.165) is 38.5 Å². The minimum atomic E-state index is -0.630. The number of carbonyl (C=O) groups excluding carboxylic acids is 3. The number of nitrogens with zero attached hydrogens (tertiary/aromatic N) is 1. The zero-order chi connectivity index (χ0) is 19.2. The van der Waals surface area contributed by atoms with Gasteiger partial charge in [-0.25, -0.2) is 0 Å². The van der Waals surface area contributed by atoms with E-state index in [4.69, 9.17) is 4.42 Å². The Labute approximate surface area is 159 Å². The first-order valence-corrected chi connectivity index (χ1v) is 9.97. The van der Waals surface area contributed by atoms with E-state index in [-0.39, 0.29) is 23.8 Å². The van der Waals surface area contributed by atoms with Crippen molar-refractivity contribution in [1.29, 1.82) is 0 Å². The monoisotopic (exact) mass is 375 g/mol. The largest absolute Gasteiger partial charge is 0.472 e. The first kappa shape index (κ1) is 19.5. The van der Waals surface area contributed by atoms with Gasteiger partial charge in [0.1, 0.15) is 12.3 Å². The fraction of sp³-hybridized carbons (Fsp3) is 0.650. The average molecular weight is 375 g/mol. The number of nitrogens with one attached hydrogen (secondary N) is 2. The highest BCUT2D eigenvalue weighted by Crippen LogP contribution is 2.26. The molecule has 7 nitrogen and oxygen atoms in total. The summed E-state index contributed by atoms with van der Waals surface area (Å²) >= 11 is 0. The Balaban J connectivity index is 1.41. The van der Waals surface area contributed by atoms with Crippen LogP contribution in [0.25, 0.3) is 0 Å². The molecule has 148 valence electrons. The van der Waals surface area contributed by atoms with Crippen LogP contribution in [0.1, 0.15) is 62.2 Å². The predicted octanol–water partition coefficient (Wildman–Crippen LogP) is 2.09. The van der Waals surface area contributed by atoms with Crippen molar-refractivity contribution in [3.63, 3.8) is 0 Å². The van der Waals surface area contributed by atoms with Gasteiger partial charge in [0.2, 0.25) is 11.8 Å². The minimum absolute atomic E-state index is 0.0428. The average Bonchev–Trinajstić information content (AvgIpc) is 3.23. The van der Waals surface area contributed by atoms with Crippen LogP contribution in [-0.2, 0) is 9.59 Å².